The van der Waals surface area contributed by atoms with Crippen LogP contribution in [0.25, 0.3) is 0 Å². The maximum Gasteiger partial charge on any atom is 0.254 e. The van der Waals surface area contributed by atoms with Gasteiger partial charge < -0.3 is 16.0 Å². The molecule has 1 atom stereocenters. The smallest absolute Gasteiger partial charge is 0.254 e. The summed E-state index contributed by atoms with van der Waals surface area (Å²) in [6.07, 6.45) is 3.87. The Bertz CT molecular complexity index is 1530. The number of carbonyl (C=O) groups is 3. The second kappa shape index (κ2) is 13.8. The first kappa shape index (κ1) is 29.5. The third-order valence-corrected chi connectivity index (χ3v) is 9.10. The molecule has 2 heterocycles. The summed E-state index contributed by atoms with van der Waals surface area (Å²) in [6, 6.07) is 18.4. The predicted molar refractivity (Wildman–Crippen MR) is 166 cm³/mol. The van der Waals surface area contributed by atoms with E-state index in [1.54, 1.807) is 12.1 Å². The molecule has 5 rings (SSSR count). The Morgan fingerprint density at radius 3 is 2.43 bits per heavy atom. The number of H-pyrrole nitrogens is 1. The largest absolute Gasteiger partial charge is 0.348 e. The van der Waals surface area contributed by atoms with E-state index < -0.39 is 0 Å². The van der Waals surface area contributed by atoms with Gasteiger partial charge in [-0.1, -0.05) is 74.1 Å². The highest BCUT2D eigenvalue weighted by Gasteiger charge is 2.27. The van der Waals surface area contributed by atoms with E-state index in [9.17, 15) is 14.4 Å². The van der Waals surface area contributed by atoms with Gasteiger partial charge in [0.2, 0.25) is 11.1 Å². The zero-order valence-electron chi connectivity index (χ0n) is 23.6. The number of hydrogen-bond acceptors (Lipinski definition) is 7. The van der Waals surface area contributed by atoms with Crippen molar-refractivity contribution < 1.29 is 14.4 Å². The van der Waals surface area contributed by atoms with E-state index in [0.717, 1.165) is 36.8 Å². The molecule has 1 unspecified atom stereocenters. The van der Waals surface area contributed by atoms with Gasteiger partial charge in [0.1, 0.15) is 10.8 Å². The zero-order chi connectivity index (χ0) is 29.5. The Morgan fingerprint density at radius 2 is 1.69 bits per heavy atom. The monoisotopic (exact) mass is 602 g/mol. The Labute approximate surface area is 253 Å². The number of carbonyl (C=O) groups excluding carboxylic acids is 3. The number of rotatable bonds is 11. The van der Waals surface area contributed by atoms with Crippen molar-refractivity contribution in [1.29, 1.82) is 0 Å². The Morgan fingerprint density at radius 1 is 0.976 bits per heavy atom. The predicted octanol–water partition coefficient (Wildman–Crippen LogP) is 5.53. The summed E-state index contributed by atoms with van der Waals surface area (Å²) in [5.41, 5.74) is 3.22. The molecular formula is C31H34N6O3S2. The van der Waals surface area contributed by atoms with E-state index in [-0.39, 0.29) is 35.4 Å². The van der Waals surface area contributed by atoms with Crippen molar-refractivity contribution in [3.05, 3.63) is 93.6 Å². The third-order valence-electron chi connectivity index (χ3n) is 7.05. The quantitative estimate of drug-likeness (QED) is 0.167. The van der Waals surface area contributed by atoms with Crippen LogP contribution in [0.3, 0.4) is 0 Å². The lowest BCUT2D eigenvalue weighted by atomic mass is 9.95. The normalized spacial score (nSPS) is 13.3. The first-order valence-electron chi connectivity index (χ1n) is 14.1. The average Bonchev–Trinajstić information content (AvgIpc) is 3.62. The lowest BCUT2D eigenvalue weighted by molar-refractivity contribution is -0.113. The van der Waals surface area contributed by atoms with Crippen LogP contribution in [-0.2, 0) is 24.2 Å². The number of hydrogen-bond donors (Lipinski definition) is 4. The number of thioether (sulfide) groups is 1. The number of fused-ring (bicyclic) bond motifs is 1. The van der Waals surface area contributed by atoms with E-state index in [1.165, 1.54) is 28.0 Å². The van der Waals surface area contributed by atoms with Crippen LogP contribution < -0.4 is 16.0 Å². The van der Waals surface area contributed by atoms with Crippen LogP contribution in [0.1, 0.15) is 75.3 Å². The molecule has 9 nitrogen and oxygen atoms in total. The topological polar surface area (TPSA) is 129 Å². The summed E-state index contributed by atoms with van der Waals surface area (Å²) < 4.78 is 0. The minimum Gasteiger partial charge on any atom is -0.348 e. The number of benzene rings is 2. The molecule has 11 heteroatoms. The fourth-order valence-electron chi connectivity index (χ4n) is 4.88. The van der Waals surface area contributed by atoms with Crippen LogP contribution in [0.2, 0.25) is 0 Å². The second-order valence-electron chi connectivity index (χ2n) is 10.5. The highest BCUT2D eigenvalue weighted by Crippen LogP contribution is 2.38. The minimum atomic E-state index is -0.372. The summed E-state index contributed by atoms with van der Waals surface area (Å²) in [7, 11) is 0. The van der Waals surface area contributed by atoms with Gasteiger partial charge in [0, 0.05) is 17.0 Å². The van der Waals surface area contributed by atoms with Crippen molar-refractivity contribution in [3.63, 3.8) is 0 Å². The van der Waals surface area contributed by atoms with E-state index in [0.29, 0.717) is 33.7 Å². The SMILES string of the molecule is CC(C)C(NC(=O)c1ccccc1)c1nc(SCC(=O)Nc2sc3c(c2C(=O)NCc2ccccc2)CCCC3)n[nH]1. The Balaban J connectivity index is 1.22. The van der Waals surface area contributed by atoms with Gasteiger partial charge in [-0.2, -0.15) is 0 Å². The molecule has 3 amide bonds. The van der Waals surface area contributed by atoms with Gasteiger partial charge in [0.15, 0.2) is 0 Å². The molecule has 0 bridgehead atoms. The standard InChI is InChI=1S/C31H34N6O3S2/c1-19(2)26(34-28(39)21-13-7-4-8-14-21)27-35-31(37-36-27)41-18-24(38)33-30-25(22-15-9-10-16-23(22)42-30)29(40)32-17-20-11-5-3-6-12-20/h3-8,11-14,19,26H,9-10,15-18H2,1-2H3,(H,32,40)(H,33,38)(H,34,39)(H,35,36,37). The number of nitrogens with zero attached hydrogens (tertiary/aromatic N) is 2. The lowest BCUT2D eigenvalue weighted by Crippen LogP contribution is -2.32. The first-order valence-corrected chi connectivity index (χ1v) is 15.9. The summed E-state index contributed by atoms with van der Waals surface area (Å²) in [5.74, 6) is 0.0650. The molecule has 0 saturated heterocycles. The third kappa shape index (κ3) is 7.27. The van der Waals surface area contributed by atoms with E-state index in [1.807, 2.05) is 62.4 Å². The summed E-state index contributed by atoms with van der Waals surface area (Å²) >= 11 is 2.69. The van der Waals surface area contributed by atoms with Crippen molar-refractivity contribution in [2.75, 3.05) is 11.1 Å². The number of thiophene rings is 1. The second-order valence-corrected chi connectivity index (χ2v) is 12.5. The molecule has 0 fully saturated rings. The van der Waals surface area contributed by atoms with E-state index in [4.69, 9.17) is 0 Å². The maximum atomic E-state index is 13.3. The van der Waals surface area contributed by atoms with Gasteiger partial charge in [-0.15, -0.1) is 16.4 Å². The molecular weight excluding hydrogens is 569 g/mol. The van der Waals surface area contributed by atoms with Crippen molar-refractivity contribution >= 4 is 45.8 Å². The molecule has 0 aliphatic heterocycles. The van der Waals surface area contributed by atoms with Crippen molar-refractivity contribution in [2.24, 2.45) is 5.92 Å². The molecule has 0 radical (unpaired) electrons. The maximum absolute atomic E-state index is 13.3. The summed E-state index contributed by atoms with van der Waals surface area (Å²) in [5, 5.41) is 17.2. The molecule has 0 saturated carbocycles. The highest BCUT2D eigenvalue weighted by molar-refractivity contribution is 7.99. The number of amides is 3. The summed E-state index contributed by atoms with van der Waals surface area (Å²) in [4.78, 5) is 44.8. The number of anilines is 1. The molecule has 218 valence electrons. The van der Waals surface area contributed by atoms with Crippen LogP contribution >= 0.6 is 23.1 Å². The molecule has 2 aromatic heterocycles. The fourth-order valence-corrected chi connectivity index (χ4v) is 6.79. The number of aromatic amines is 1. The number of aryl methyl sites for hydroxylation is 1. The van der Waals surface area contributed by atoms with E-state index >= 15 is 0 Å². The van der Waals surface area contributed by atoms with Crippen molar-refractivity contribution in [2.45, 2.75) is 57.3 Å². The Kier molecular flexibility index (Phi) is 9.70. The first-order chi connectivity index (χ1) is 20.4. The van der Waals surface area contributed by atoms with Crippen molar-refractivity contribution in [1.82, 2.24) is 25.8 Å². The van der Waals surface area contributed by atoms with Gasteiger partial charge in [-0.05, 0) is 54.9 Å². The average molecular weight is 603 g/mol. The molecule has 2 aromatic carbocycles. The van der Waals surface area contributed by atoms with Crippen LogP contribution in [0.5, 0.6) is 0 Å². The van der Waals surface area contributed by atoms with Crippen LogP contribution in [0.4, 0.5) is 5.00 Å². The van der Waals surface area contributed by atoms with Crippen molar-refractivity contribution in [3.8, 4) is 0 Å². The number of aromatic nitrogens is 3. The highest BCUT2D eigenvalue weighted by atomic mass is 32.2. The van der Waals surface area contributed by atoms with Gasteiger partial charge in [0.25, 0.3) is 11.8 Å². The van der Waals surface area contributed by atoms with E-state index in [2.05, 4.69) is 31.1 Å². The zero-order valence-corrected chi connectivity index (χ0v) is 25.2. The van der Waals surface area contributed by atoms with Gasteiger partial charge in [-0.3, -0.25) is 19.5 Å². The van der Waals surface area contributed by atoms with Gasteiger partial charge in [-0.25, -0.2) is 4.98 Å². The van der Waals surface area contributed by atoms with Crippen LogP contribution in [0, 0.1) is 5.92 Å². The van der Waals surface area contributed by atoms with Crippen LogP contribution in [0.15, 0.2) is 65.8 Å². The molecule has 0 spiro atoms. The minimum absolute atomic E-state index is 0.0584. The summed E-state index contributed by atoms with van der Waals surface area (Å²) in [6.45, 7) is 4.41. The molecule has 4 aromatic rings. The Hall–Kier alpha value is -3.96. The fraction of sp³-hybridized carbons (Fsp3) is 0.323. The van der Waals surface area contributed by atoms with Gasteiger partial charge >= 0.3 is 0 Å². The van der Waals surface area contributed by atoms with Gasteiger partial charge in [0.05, 0.1) is 17.4 Å². The molecule has 1 aliphatic carbocycles. The molecule has 42 heavy (non-hydrogen) atoms. The number of nitrogens with one attached hydrogen (secondary N) is 4. The van der Waals surface area contributed by atoms with Crippen LogP contribution in [-0.4, -0.2) is 38.7 Å². The lowest BCUT2D eigenvalue weighted by Gasteiger charge is -2.19. The molecule has 1 aliphatic rings. The molecule has 4 N–H and O–H groups in total.